The summed E-state index contributed by atoms with van der Waals surface area (Å²) in [4.78, 5) is 0. The monoisotopic (exact) mass is 391 g/mol. The highest BCUT2D eigenvalue weighted by molar-refractivity contribution is 6.30. The van der Waals surface area contributed by atoms with Crippen molar-refractivity contribution in [3.63, 3.8) is 0 Å². The van der Waals surface area contributed by atoms with Crippen LogP contribution in [-0.4, -0.2) is 13.1 Å². The molecule has 25 heavy (non-hydrogen) atoms. The normalized spacial score (nSPS) is 14.9. The van der Waals surface area contributed by atoms with Crippen LogP contribution in [0.15, 0.2) is 30.3 Å². The van der Waals surface area contributed by atoms with Crippen LogP contribution in [0.2, 0.25) is 5.02 Å². The second-order valence-corrected chi connectivity index (χ2v) is 6.29. The third-order valence-corrected chi connectivity index (χ3v) is 4.46. The average molecular weight is 392 g/mol. The highest BCUT2D eigenvalue weighted by Gasteiger charge is 2.21. The standard InChI is InChI=1S/C18H17ClF3NO.ClH/c19-13-2-1-12(15(20)7-13)10-24-18-8-14(16(21)9-17(18)22)11-3-5-23-6-4-11;/h1-2,7-9,11,23H,3-6,10H2;1H. The van der Waals surface area contributed by atoms with Crippen LogP contribution in [0.5, 0.6) is 5.75 Å². The van der Waals surface area contributed by atoms with Gasteiger partial charge < -0.3 is 10.1 Å². The van der Waals surface area contributed by atoms with E-state index in [2.05, 4.69) is 5.32 Å². The minimum Gasteiger partial charge on any atom is -0.486 e. The third kappa shape index (κ3) is 4.81. The van der Waals surface area contributed by atoms with Gasteiger partial charge in [-0.2, -0.15) is 0 Å². The zero-order valence-electron chi connectivity index (χ0n) is 13.3. The van der Waals surface area contributed by atoms with Gasteiger partial charge in [0.05, 0.1) is 0 Å². The molecule has 1 saturated heterocycles. The van der Waals surface area contributed by atoms with Crippen molar-refractivity contribution in [2.45, 2.75) is 25.4 Å². The summed E-state index contributed by atoms with van der Waals surface area (Å²) in [5.74, 6) is -1.92. The van der Waals surface area contributed by atoms with Gasteiger partial charge in [0.15, 0.2) is 11.6 Å². The molecule has 2 aromatic carbocycles. The van der Waals surface area contributed by atoms with Gasteiger partial charge in [-0.05, 0) is 55.6 Å². The lowest BCUT2D eigenvalue weighted by atomic mass is 9.89. The summed E-state index contributed by atoms with van der Waals surface area (Å²) in [5, 5.41) is 3.48. The van der Waals surface area contributed by atoms with Crippen molar-refractivity contribution in [1.82, 2.24) is 5.32 Å². The summed E-state index contributed by atoms with van der Waals surface area (Å²) in [6, 6.07) is 6.42. The molecule has 1 aliphatic heterocycles. The Morgan fingerprint density at radius 3 is 2.40 bits per heavy atom. The smallest absolute Gasteiger partial charge is 0.168 e. The Kier molecular flexibility index (Phi) is 6.99. The van der Waals surface area contributed by atoms with Gasteiger partial charge in [-0.15, -0.1) is 12.4 Å². The number of halogens is 5. The Morgan fingerprint density at radius 2 is 1.72 bits per heavy atom. The first kappa shape index (κ1) is 19.9. The van der Waals surface area contributed by atoms with Crippen LogP contribution in [0.25, 0.3) is 0 Å². The first-order chi connectivity index (χ1) is 11.5. The quantitative estimate of drug-likeness (QED) is 0.770. The van der Waals surface area contributed by atoms with E-state index in [0.717, 1.165) is 32.0 Å². The maximum atomic E-state index is 14.1. The van der Waals surface area contributed by atoms with Gasteiger partial charge in [0.2, 0.25) is 0 Å². The van der Waals surface area contributed by atoms with Gasteiger partial charge in [-0.1, -0.05) is 17.7 Å². The van der Waals surface area contributed by atoms with E-state index in [0.29, 0.717) is 5.56 Å². The van der Waals surface area contributed by atoms with Crippen LogP contribution >= 0.6 is 24.0 Å². The van der Waals surface area contributed by atoms with Crippen molar-refractivity contribution >= 4 is 24.0 Å². The molecule has 0 atom stereocenters. The van der Waals surface area contributed by atoms with Crippen molar-refractivity contribution in [2.75, 3.05) is 13.1 Å². The summed E-state index contributed by atoms with van der Waals surface area (Å²) in [5.41, 5.74) is 0.705. The zero-order chi connectivity index (χ0) is 17.1. The van der Waals surface area contributed by atoms with E-state index in [1.165, 1.54) is 24.3 Å². The van der Waals surface area contributed by atoms with Gasteiger partial charge >= 0.3 is 0 Å². The Bertz CT molecular complexity index is 737. The maximum Gasteiger partial charge on any atom is 0.168 e. The summed E-state index contributed by atoms with van der Waals surface area (Å²) in [6.07, 6.45) is 1.57. The molecular formula is C18H18Cl2F3NO. The summed E-state index contributed by atoms with van der Waals surface area (Å²) in [6.45, 7) is 1.44. The van der Waals surface area contributed by atoms with Gasteiger partial charge in [-0.25, -0.2) is 13.2 Å². The highest BCUT2D eigenvalue weighted by Crippen LogP contribution is 2.32. The summed E-state index contributed by atoms with van der Waals surface area (Å²) >= 11 is 5.70. The fraction of sp³-hybridized carbons (Fsp3) is 0.333. The minimum absolute atomic E-state index is 0. The van der Waals surface area contributed by atoms with Gasteiger partial charge in [0, 0.05) is 16.7 Å². The third-order valence-electron chi connectivity index (χ3n) is 4.23. The predicted molar refractivity (Wildman–Crippen MR) is 94.2 cm³/mol. The lowest BCUT2D eigenvalue weighted by Crippen LogP contribution is -2.27. The summed E-state index contributed by atoms with van der Waals surface area (Å²) in [7, 11) is 0. The first-order valence-electron chi connectivity index (χ1n) is 7.81. The molecule has 1 N–H and O–H groups in total. The molecule has 0 radical (unpaired) electrons. The fourth-order valence-electron chi connectivity index (χ4n) is 2.90. The van der Waals surface area contributed by atoms with Crippen LogP contribution in [0.3, 0.4) is 0 Å². The lowest BCUT2D eigenvalue weighted by molar-refractivity contribution is 0.282. The predicted octanol–water partition coefficient (Wildman–Crippen LogP) is 5.23. The number of benzene rings is 2. The molecule has 1 fully saturated rings. The Balaban J connectivity index is 0.00000225. The Labute approximate surface area is 155 Å². The van der Waals surface area contributed by atoms with E-state index < -0.39 is 17.5 Å². The molecule has 2 nitrogen and oxygen atoms in total. The van der Waals surface area contributed by atoms with Gasteiger partial charge in [-0.3, -0.25) is 0 Å². The number of hydrogen-bond acceptors (Lipinski definition) is 2. The molecule has 0 spiro atoms. The maximum absolute atomic E-state index is 14.1. The molecule has 0 amide bonds. The van der Waals surface area contributed by atoms with Gasteiger partial charge in [0.25, 0.3) is 0 Å². The van der Waals surface area contributed by atoms with E-state index in [4.69, 9.17) is 16.3 Å². The second-order valence-electron chi connectivity index (χ2n) is 5.85. The Hall–Kier alpha value is -1.43. The van der Waals surface area contributed by atoms with E-state index in [1.54, 1.807) is 0 Å². The molecule has 0 unspecified atom stereocenters. The number of piperidine rings is 1. The largest absolute Gasteiger partial charge is 0.486 e. The number of rotatable bonds is 4. The van der Waals surface area contributed by atoms with Crippen LogP contribution in [0.4, 0.5) is 13.2 Å². The van der Waals surface area contributed by atoms with Crippen molar-refractivity contribution in [2.24, 2.45) is 0 Å². The van der Waals surface area contributed by atoms with Gasteiger partial charge in [0.1, 0.15) is 18.2 Å². The van der Waals surface area contributed by atoms with Crippen LogP contribution in [-0.2, 0) is 6.61 Å². The van der Waals surface area contributed by atoms with E-state index in [9.17, 15) is 13.2 Å². The molecule has 136 valence electrons. The van der Waals surface area contributed by atoms with E-state index in [-0.39, 0.29) is 41.3 Å². The molecule has 0 bridgehead atoms. The van der Waals surface area contributed by atoms with E-state index in [1.807, 2.05) is 0 Å². The fourth-order valence-corrected chi connectivity index (χ4v) is 3.05. The number of nitrogens with one attached hydrogen (secondary N) is 1. The first-order valence-corrected chi connectivity index (χ1v) is 8.19. The molecule has 1 aliphatic rings. The van der Waals surface area contributed by atoms with Crippen LogP contribution in [0, 0.1) is 17.5 Å². The number of hydrogen-bond donors (Lipinski definition) is 1. The minimum atomic E-state index is -0.792. The molecular weight excluding hydrogens is 374 g/mol. The average Bonchev–Trinajstić information content (AvgIpc) is 2.56. The lowest BCUT2D eigenvalue weighted by Gasteiger charge is -2.24. The zero-order valence-corrected chi connectivity index (χ0v) is 14.9. The molecule has 3 rings (SSSR count). The number of ether oxygens (including phenoxy) is 1. The van der Waals surface area contributed by atoms with Crippen molar-refractivity contribution < 1.29 is 17.9 Å². The molecule has 0 aliphatic carbocycles. The highest BCUT2D eigenvalue weighted by atomic mass is 35.5. The SMILES string of the molecule is Cl.Fc1cc(Cl)ccc1COc1cc(C2CCNCC2)c(F)cc1F. The van der Waals surface area contributed by atoms with Crippen LogP contribution in [0.1, 0.15) is 29.9 Å². The van der Waals surface area contributed by atoms with E-state index >= 15 is 0 Å². The molecule has 0 saturated carbocycles. The molecule has 1 heterocycles. The molecule has 2 aromatic rings. The van der Waals surface area contributed by atoms with Crippen molar-refractivity contribution in [3.05, 3.63) is 63.9 Å². The molecule has 7 heteroatoms. The second kappa shape index (κ2) is 8.79. The summed E-state index contributed by atoms with van der Waals surface area (Å²) < 4.78 is 47.2. The Morgan fingerprint density at radius 1 is 1.00 bits per heavy atom. The van der Waals surface area contributed by atoms with Crippen LogP contribution < -0.4 is 10.1 Å². The molecule has 0 aromatic heterocycles. The topological polar surface area (TPSA) is 21.3 Å². The van der Waals surface area contributed by atoms with Crippen molar-refractivity contribution in [1.29, 1.82) is 0 Å². The van der Waals surface area contributed by atoms with Crippen molar-refractivity contribution in [3.8, 4) is 5.75 Å².